The quantitative estimate of drug-likeness (QED) is 0.840. The monoisotopic (exact) mass is 324 g/mol. The first kappa shape index (κ1) is 16.7. The summed E-state index contributed by atoms with van der Waals surface area (Å²) < 4.78 is 10.9. The van der Waals surface area contributed by atoms with Crippen LogP contribution in [0.25, 0.3) is 0 Å². The van der Waals surface area contributed by atoms with Crippen molar-refractivity contribution in [3.63, 3.8) is 0 Å². The number of likely N-dealkylation sites (tertiary alicyclic amines) is 1. The molecule has 2 aliphatic heterocycles. The number of carbonyl (C=O) groups is 2. The first-order chi connectivity index (χ1) is 11.3. The van der Waals surface area contributed by atoms with E-state index in [1.54, 1.807) is 0 Å². The van der Waals surface area contributed by atoms with Gasteiger partial charge in [-0.2, -0.15) is 0 Å². The van der Waals surface area contributed by atoms with Crippen LogP contribution in [0.4, 0.5) is 0 Å². The van der Waals surface area contributed by atoms with Crippen LogP contribution in [0.5, 0.6) is 0 Å². The number of nitrogens with one attached hydrogen (secondary N) is 1. The zero-order chi connectivity index (χ0) is 16.1. The van der Waals surface area contributed by atoms with Gasteiger partial charge < -0.3 is 19.7 Å². The molecular weight excluding hydrogens is 296 g/mol. The van der Waals surface area contributed by atoms with E-state index in [0.717, 1.165) is 45.1 Å². The van der Waals surface area contributed by atoms with Crippen molar-refractivity contribution in [1.29, 1.82) is 0 Å². The number of amides is 2. The van der Waals surface area contributed by atoms with Crippen LogP contribution >= 0.6 is 0 Å². The Morgan fingerprint density at radius 2 is 1.87 bits per heavy atom. The van der Waals surface area contributed by atoms with Crippen molar-refractivity contribution in [2.75, 3.05) is 32.9 Å². The summed E-state index contributed by atoms with van der Waals surface area (Å²) in [6.45, 7) is 2.90. The maximum Gasteiger partial charge on any atom is 0.242 e. The average molecular weight is 324 g/mol. The lowest BCUT2D eigenvalue weighted by Gasteiger charge is -2.30. The van der Waals surface area contributed by atoms with E-state index in [1.807, 2.05) is 4.90 Å². The predicted octanol–water partition coefficient (Wildman–Crippen LogP) is 1.09. The fraction of sp³-hybridized carbons (Fsp3) is 0.882. The van der Waals surface area contributed by atoms with Crippen molar-refractivity contribution in [2.24, 2.45) is 5.92 Å². The highest BCUT2D eigenvalue weighted by Crippen LogP contribution is 2.28. The molecule has 130 valence electrons. The minimum absolute atomic E-state index is 0.0409. The molecule has 0 aromatic rings. The normalized spacial score (nSPS) is 29.5. The number of hydrogen-bond donors (Lipinski definition) is 1. The van der Waals surface area contributed by atoms with Crippen LogP contribution in [0.2, 0.25) is 0 Å². The number of ether oxygens (including phenoxy) is 2. The molecule has 0 unspecified atom stereocenters. The van der Waals surface area contributed by atoms with Crippen LogP contribution in [-0.2, 0) is 19.1 Å². The third-order valence-electron chi connectivity index (χ3n) is 5.18. The van der Waals surface area contributed by atoms with E-state index in [0.29, 0.717) is 26.4 Å². The maximum atomic E-state index is 12.7. The van der Waals surface area contributed by atoms with Gasteiger partial charge >= 0.3 is 0 Å². The van der Waals surface area contributed by atoms with Crippen molar-refractivity contribution in [2.45, 2.75) is 57.1 Å². The van der Waals surface area contributed by atoms with Gasteiger partial charge in [-0.1, -0.05) is 19.3 Å². The lowest BCUT2D eigenvalue weighted by molar-refractivity contribution is -0.143. The van der Waals surface area contributed by atoms with Gasteiger partial charge in [0.25, 0.3) is 0 Å². The van der Waals surface area contributed by atoms with Gasteiger partial charge in [-0.15, -0.1) is 0 Å². The van der Waals surface area contributed by atoms with E-state index in [2.05, 4.69) is 5.32 Å². The molecule has 6 nitrogen and oxygen atoms in total. The van der Waals surface area contributed by atoms with Gasteiger partial charge in [0, 0.05) is 19.0 Å². The molecule has 1 N–H and O–H groups in total. The Morgan fingerprint density at radius 1 is 1.04 bits per heavy atom. The summed E-state index contributed by atoms with van der Waals surface area (Å²) in [5.74, 6) is 0.285. The van der Waals surface area contributed by atoms with Crippen molar-refractivity contribution >= 4 is 11.8 Å². The Balaban J connectivity index is 1.50. The van der Waals surface area contributed by atoms with Crippen LogP contribution in [0.15, 0.2) is 0 Å². The van der Waals surface area contributed by atoms with Gasteiger partial charge in [-0.05, 0) is 25.7 Å². The first-order valence-electron chi connectivity index (χ1n) is 9.03. The molecule has 2 saturated heterocycles. The lowest BCUT2D eigenvalue weighted by atomic mass is 9.88. The van der Waals surface area contributed by atoms with Crippen LogP contribution in [0, 0.1) is 5.92 Å². The SMILES string of the molecule is O=C(NC[C@H]1COCCO1)[C@@H]1CCCN1C(=O)C1CCCCC1. The number of hydrogen-bond acceptors (Lipinski definition) is 4. The van der Waals surface area contributed by atoms with Gasteiger partial charge in [-0.25, -0.2) is 0 Å². The van der Waals surface area contributed by atoms with Crippen molar-refractivity contribution in [3.05, 3.63) is 0 Å². The molecule has 3 fully saturated rings. The van der Waals surface area contributed by atoms with Gasteiger partial charge in [0.05, 0.1) is 25.9 Å². The van der Waals surface area contributed by atoms with Gasteiger partial charge in [0.1, 0.15) is 6.04 Å². The van der Waals surface area contributed by atoms with Crippen molar-refractivity contribution in [3.8, 4) is 0 Å². The van der Waals surface area contributed by atoms with E-state index in [9.17, 15) is 9.59 Å². The summed E-state index contributed by atoms with van der Waals surface area (Å²) in [6.07, 6.45) is 7.09. The second kappa shape index (κ2) is 8.11. The second-order valence-corrected chi connectivity index (χ2v) is 6.84. The Labute approximate surface area is 137 Å². The molecule has 1 saturated carbocycles. The van der Waals surface area contributed by atoms with Crippen molar-refractivity contribution < 1.29 is 19.1 Å². The third kappa shape index (κ3) is 4.23. The Hall–Kier alpha value is -1.14. The lowest BCUT2D eigenvalue weighted by Crippen LogP contribution is -2.50. The van der Waals surface area contributed by atoms with E-state index in [-0.39, 0.29) is 29.9 Å². The number of nitrogens with zero attached hydrogens (tertiary/aromatic N) is 1. The molecule has 3 rings (SSSR count). The fourth-order valence-electron chi connectivity index (χ4n) is 3.87. The fourth-order valence-corrected chi connectivity index (χ4v) is 3.87. The van der Waals surface area contributed by atoms with E-state index >= 15 is 0 Å². The van der Waals surface area contributed by atoms with E-state index in [1.165, 1.54) is 6.42 Å². The van der Waals surface area contributed by atoms with Crippen molar-refractivity contribution in [1.82, 2.24) is 10.2 Å². The summed E-state index contributed by atoms with van der Waals surface area (Å²) >= 11 is 0. The summed E-state index contributed by atoms with van der Waals surface area (Å²) in [5.41, 5.74) is 0. The highest BCUT2D eigenvalue weighted by atomic mass is 16.6. The Kier molecular flexibility index (Phi) is 5.89. The minimum atomic E-state index is -0.297. The Bertz CT molecular complexity index is 417. The molecule has 2 heterocycles. The molecule has 1 aliphatic carbocycles. The summed E-state index contributed by atoms with van der Waals surface area (Å²) in [7, 11) is 0. The van der Waals surface area contributed by atoms with Crippen LogP contribution in [0.1, 0.15) is 44.9 Å². The zero-order valence-corrected chi connectivity index (χ0v) is 13.8. The standard InChI is InChI=1S/C17H28N2O4/c20-16(18-11-14-12-22-9-10-23-14)15-7-4-8-19(15)17(21)13-5-2-1-3-6-13/h13-15H,1-12H2,(H,18,20)/t14-,15-/m0/s1. The molecular formula is C17H28N2O4. The highest BCUT2D eigenvalue weighted by molar-refractivity contribution is 5.89. The Morgan fingerprint density at radius 3 is 2.61 bits per heavy atom. The maximum absolute atomic E-state index is 12.7. The molecule has 0 bridgehead atoms. The van der Waals surface area contributed by atoms with Crippen LogP contribution in [0.3, 0.4) is 0 Å². The molecule has 0 aromatic carbocycles. The second-order valence-electron chi connectivity index (χ2n) is 6.84. The first-order valence-corrected chi connectivity index (χ1v) is 9.03. The zero-order valence-electron chi connectivity index (χ0n) is 13.8. The molecule has 0 spiro atoms. The summed E-state index contributed by atoms with van der Waals surface area (Å²) in [4.78, 5) is 27.0. The number of carbonyl (C=O) groups excluding carboxylic acids is 2. The summed E-state index contributed by atoms with van der Waals surface area (Å²) in [6, 6.07) is -0.297. The van der Waals surface area contributed by atoms with E-state index in [4.69, 9.17) is 9.47 Å². The largest absolute Gasteiger partial charge is 0.376 e. The molecule has 23 heavy (non-hydrogen) atoms. The van der Waals surface area contributed by atoms with Gasteiger partial charge in [0.2, 0.25) is 11.8 Å². The van der Waals surface area contributed by atoms with E-state index < -0.39 is 0 Å². The molecule has 0 aromatic heterocycles. The summed E-state index contributed by atoms with van der Waals surface area (Å²) in [5, 5.41) is 2.94. The topological polar surface area (TPSA) is 67.9 Å². The predicted molar refractivity (Wildman–Crippen MR) is 84.9 cm³/mol. The molecule has 2 amide bonds. The highest BCUT2D eigenvalue weighted by Gasteiger charge is 2.37. The van der Waals surface area contributed by atoms with Gasteiger partial charge in [0.15, 0.2) is 0 Å². The van der Waals surface area contributed by atoms with Crippen LogP contribution < -0.4 is 5.32 Å². The third-order valence-corrected chi connectivity index (χ3v) is 5.18. The van der Waals surface area contributed by atoms with Crippen LogP contribution in [-0.4, -0.2) is 61.8 Å². The molecule has 2 atom stereocenters. The number of rotatable bonds is 4. The average Bonchev–Trinajstić information content (AvgIpc) is 3.10. The van der Waals surface area contributed by atoms with Gasteiger partial charge in [-0.3, -0.25) is 9.59 Å². The molecule has 6 heteroatoms. The molecule has 0 radical (unpaired) electrons. The molecule has 3 aliphatic rings. The minimum Gasteiger partial charge on any atom is -0.376 e. The smallest absolute Gasteiger partial charge is 0.242 e.